The number of benzene rings is 1. The quantitative estimate of drug-likeness (QED) is 0.845. The molecular weight excluding hydrogens is 380 g/mol. The van der Waals surface area contributed by atoms with Crippen molar-refractivity contribution in [3.05, 3.63) is 40.7 Å². The first-order valence-corrected chi connectivity index (χ1v) is 9.80. The topological polar surface area (TPSA) is 93.5 Å². The predicted molar refractivity (Wildman–Crippen MR) is 96.9 cm³/mol. The van der Waals surface area contributed by atoms with Gasteiger partial charge in [0.25, 0.3) is 5.91 Å². The number of hydrogen-bond donors (Lipinski definition) is 1. The van der Waals surface area contributed by atoms with Crippen LogP contribution in [0.25, 0.3) is 0 Å². The molecule has 1 saturated heterocycles. The van der Waals surface area contributed by atoms with E-state index in [0.717, 1.165) is 0 Å². The van der Waals surface area contributed by atoms with Crippen LogP contribution in [0.1, 0.15) is 16.1 Å². The van der Waals surface area contributed by atoms with E-state index in [0.29, 0.717) is 37.6 Å². The highest BCUT2D eigenvalue weighted by Crippen LogP contribution is 2.28. The maximum Gasteiger partial charge on any atom is 0.259 e. The van der Waals surface area contributed by atoms with Crippen LogP contribution in [0.2, 0.25) is 5.02 Å². The monoisotopic (exact) mass is 398 g/mol. The lowest BCUT2D eigenvalue weighted by atomic mass is 10.2. The van der Waals surface area contributed by atoms with Gasteiger partial charge < -0.3 is 10.1 Å². The number of aromatic nitrogens is 2. The summed E-state index contributed by atoms with van der Waals surface area (Å²) in [5.41, 5.74) is 1.19. The van der Waals surface area contributed by atoms with Crippen LogP contribution < -0.4 is 5.32 Å². The van der Waals surface area contributed by atoms with Gasteiger partial charge in [0.1, 0.15) is 0 Å². The summed E-state index contributed by atoms with van der Waals surface area (Å²) in [4.78, 5) is 12.5. The molecular formula is C16H19ClN4O4S. The summed E-state index contributed by atoms with van der Waals surface area (Å²) >= 11 is 6.14. The van der Waals surface area contributed by atoms with Gasteiger partial charge in [-0.1, -0.05) is 11.6 Å². The summed E-state index contributed by atoms with van der Waals surface area (Å²) in [5, 5.41) is 7.04. The Hall–Kier alpha value is -1.94. The van der Waals surface area contributed by atoms with E-state index in [1.54, 1.807) is 20.2 Å². The Morgan fingerprint density at radius 2 is 2.00 bits per heavy atom. The van der Waals surface area contributed by atoms with E-state index >= 15 is 0 Å². The second-order valence-electron chi connectivity index (χ2n) is 5.91. The molecule has 0 bridgehead atoms. The number of halogens is 1. The van der Waals surface area contributed by atoms with Crippen LogP contribution in [0.3, 0.4) is 0 Å². The van der Waals surface area contributed by atoms with Gasteiger partial charge in [-0.2, -0.15) is 9.40 Å². The number of rotatable bonds is 4. The van der Waals surface area contributed by atoms with E-state index in [-0.39, 0.29) is 15.6 Å². The zero-order valence-corrected chi connectivity index (χ0v) is 16.0. The maximum absolute atomic E-state index is 12.8. The number of nitrogens with one attached hydrogen (secondary N) is 1. The van der Waals surface area contributed by atoms with Gasteiger partial charge in [-0.05, 0) is 25.1 Å². The van der Waals surface area contributed by atoms with Crippen LogP contribution in [0, 0.1) is 6.92 Å². The molecule has 1 aliphatic heterocycles. The molecule has 2 aromatic rings. The lowest BCUT2D eigenvalue weighted by molar-refractivity contribution is 0.0730. The number of anilines is 1. The van der Waals surface area contributed by atoms with Gasteiger partial charge in [0.05, 0.1) is 40.1 Å². The summed E-state index contributed by atoms with van der Waals surface area (Å²) in [5.74, 6) is -0.404. The van der Waals surface area contributed by atoms with Crippen molar-refractivity contribution in [2.45, 2.75) is 11.8 Å². The van der Waals surface area contributed by atoms with Crippen LogP contribution in [0.5, 0.6) is 0 Å². The largest absolute Gasteiger partial charge is 0.379 e. The van der Waals surface area contributed by atoms with Crippen LogP contribution in [0.4, 0.5) is 5.69 Å². The number of sulfonamides is 1. The molecule has 1 N–H and O–H groups in total. The van der Waals surface area contributed by atoms with Crippen LogP contribution in [0.15, 0.2) is 29.3 Å². The third kappa shape index (κ3) is 3.75. The fourth-order valence-corrected chi connectivity index (χ4v) is 4.31. The fraction of sp³-hybridized carbons (Fsp3) is 0.375. The molecule has 10 heteroatoms. The Morgan fingerprint density at radius 3 is 2.62 bits per heavy atom. The van der Waals surface area contributed by atoms with Crippen molar-refractivity contribution < 1.29 is 17.9 Å². The van der Waals surface area contributed by atoms with Crippen molar-refractivity contribution in [2.75, 3.05) is 31.6 Å². The van der Waals surface area contributed by atoms with Gasteiger partial charge in [-0.3, -0.25) is 9.48 Å². The number of morpholine rings is 1. The minimum Gasteiger partial charge on any atom is -0.379 e. The normalized spacial score (nSPS) is 15.8. The Balaban J connectivity index is 1.88. The molecule has 0 radical (unpaired) electrons. The molecule has 0 unspecified atom stereocenters. The number of hydrogen-bond acceptors (Lipinski definition) is 5. The Bertz CT molecular complexity index is 936. The molecule has 0 saturated carbocycles. The van der Waals surface area contributed by atoms with E-state index in [4.69, 9.17) is 16.3 Å². The van der Waals surface area contributed by atoms with Crippen molar-refractivity contribution in [1.29, 1.82) is 0 Å². The van der Waals surface area contributed by atoms with Crippen molar-refractivity contribution in [2.24, 2.45) is 7.05 Å². The molecule has 1 fully saturated rings. The zero-order valence-electron chi connectivity index (χ0n) is 14.4. The highest BCUT2D eigenvalue weighted by atomic mass is 35.5. The number of carbonyl (C=O) groups is 1. The molecule has 1 amide bonds. The van der Waals surface area contributed by atoms with Crippen molar-refractivity contribution >= 4 is 33.2 Å². The van der Waals surface area contributed by atoms with Crippen molar-refractivity contribution in [1.82, 2.24) is 14.1 Å². The number of aryl methyl sites for hydroxylation is 2. The van der Waals surface area contributed by atoms with E-state index in [9.17, 15) is 13.2 Å². The van der Waals surface area contributed by atoms with Crippen LogP contribution in [-0.2, 0) is 21.8 Å². The standard InChI is InChI=1S/C16H19ClN4O4S/c1-11-13(10-20(2)19-11)16(22)18-15-9-12(3-4-14(15)17)26(23,24)21-5-7-25-8-6-21/h3-4,9-10H,5-8H2,1-2H3,(H,18,22). The summed E-state index contributed by atoms with van der Waals surface area (Å²) in [6.45, 7) is 3.02. The number of nitrogens with zero attached hydrogens (tertiary/aromatic N) is 3. The highest BCUT2D eigenvalue weighted by Gasteiger charge is 2.27. The number of amides is 1. The van der Waals surface area contributed by atoms with Crippen LogP contribution in [-0.4, -0.2) is 54.7 Å². The van der Waals surface area contributed by atoms with Gasteiger partial charge in [-0.25, -0.2) is 8.42 Å². The molecule has 0 spiro atoms. The third-order valence-corrected chi connectivity index (χ3v) is 6.28. The molecule has 1 aromatic carbocycles. The summed E-state index contributed by atoms with van der Waals surface area (Å²) in [6, 6.07) is 4.26. The van der Waals surface area contributed by atoms with Crippen LogP contribution >= 0.6 is 11.6 Å². The van der Waals surface area contributed by atoms with Crippen molar-refractivity contribution in [3.8, 4) is 0 Å². The van der Waals surface area contributed by atoms with Crippen molar-refractivity contribution in [3.63, 3.8) is 0 Å². The van der Waals surface area contributed by atoms with E-state index < -0.39 is 15.9 Å². The Morgan fingerprint density at radius 1 is 1.31 bits per heavy atom. The molecule has 2 heterocycles. The summed E-state index contributed by atoms with van der Waals surface area (Å²) in [6.07, 6.45) is 1.59. The molecule has 26 heavy (non-hydrogen) atoms. The molecule has 8 nitrogen and oxygen atoms in total. The second kappa shape index (κ2) is 7.36. The lowest BCUT2D eigenvalue weighted by Gasteiger charge is -2.26. The Kier molecular flexibility index (Phi) is 5.33. The molecule has 0 atom stereocenters. The number of ether oxygens (including phenoxy) is 1. The maximum atomic E-state index is 12.8. The average molecular weight is 399 g/mol. The van der Waals surface area contributed by atoms with E-state index in [1.165, 1.54) is 27.2 Å². The molecule has 1 aromatic heterocycles. The van der Waals surface area contributed by atoms with Gasteiger partial charge >= 0.3 is 0 Å². The second-order valence-corrected chi connectivity index (χ2v) is 8.26. The molecule has 140 valence electrons. The first-order valence-electron chi connectivity index (χ1n) is 7.98. The predicted octanol–water partition coefficient (Wildman–Crippen LogP) is 1.66. The zero-order chi connectivity index (χ0) is 18.9. The fourth-order valence-electron chi connectivity index (χ4n) is 2.71. The molecule has 0 aliphatic carbocycles. The smallest absolute Gasteiger partial charge is 0.259 e. The molecule has 1 aliphatic rings. The minimum atomic E-state index is -3.68. The highest BCUT2D eigenvalue weighted by molar-refractivity contribution is 7.89. The van der Waals surface area contributed by atoms with E-state index in [2.05, 4.69) is 10.4 Å². The SMILES string of the molecule is Cc1nn(C)cc1C(=O)Nc1cc(S(=O)(=O)N2CCOCC2)ccc1Cl. The van der Waals surface area contributed by atoms with E-state index in [1.807, 2.05) is 0 Å². The van der Waals surface area contributed by atoms with Gasteiger partial charge in [0.2, 0.25) is 10.0 Å². The third-order valence-electron chi connectivity index (χ3n) is 4.05. The van der Waals surface area contributed by atoms with Gasteiger partial charge in [-0.15, -0.1) is 0 Å². The average Bonchev–Trinajstić information content (AvgIpc) is 2.96. The minimum absolute atomic E-state index is 0.0713. The van der Waals surface area contributed by atoms with Gasteiger partial charge in [0, 0.05) is 26.3 Å². The van der Waals surface area contributed by atoms with Gasteiger partial charge in [0.15, 0.2) is 0 Å². The Labute approximate surface area is 156 Å². The first kappa shape index (κ1) is 18.8. The lowest BCUT2D eigenvalue weighted by Crippen LogP contribution is -2.40. The first-order chi connectivity index (χ1) is 12.3. The number of carbonyl (C=O) groups excluding carboxylic acids is 1. The molecule has 3 rings (SSSR count). The summed E-state index contributed by atoms with van der Waals surface area (Å²) < 4.78 is 33.6. The summed E-state index contributed by atoms with van der Waals surface area (Å²) in [7, 11) is -1.96.